The number of halogens is 4. The fourth-order valence-corrected chi connectivity index (χ4v) is 4.58. The van der Waals surface area contributed by atoms with Crippen molar-refractivity contribution in [1.29, 1.82) is 0 Å². The van der Waals surface area contributed by atoms with Crippen LogP contribution in [-0.2, 0) is 9.84 Å². The van der Waals surface area contributed by atoms with Crippen LogP contribution in [-0.4, -0.2) is 37.2 Å². The summed E-state index contributed by atoms with van der Waals surface area (Å²) in [6, 6.07) is 0.488. The van der Waals surface area contributed by atoms with Crippen LogP contribution in [0.3, 0.4) is 0 Å². The lowest BCUT2D eigenvalue weighted by molar-refractivity contribution is 0.0937. The van der Waals surface area contributed by atoms with Crippen LogP contribution in [0.15, 0.2) is 12.1 Å². The van der Waals surface area contributed by atoms with Gasteiger partial charge in [-0.25, -0.2) is 17.2 Å². The van der Waals surface area contributed by atoms with Gasteiger partial charge < -0.3 is 5.32 Å². The number of hydrogen-bond acceptors (Lipinski definition) is 3. The van der Waals surface area contributed by atoms with Crippen LogP contribution >= 0.6 is 23.2 Å². The Morgan fingerprint density at radius 3 is 2.45 bits per heavy atom. The van der Waals surface area contributed by atoms with E-state index < -0.39 is 49.4 Å². The molecule has 1 aliphatic rings. The Hall–Kier alpha value is -0.920. The second-order valence-corrected chi connectivity index (χ2v) is 7.54. The van der Waals surface area contributed by atoms with E-state index in [2.05, 4.69) is 5.32 Å². The maximum atomic E-state index is 13.5. The Labute approximate surface area is 124 Å². The van der Waals surface area contributed by atoms with Crippen LogP contribution in [0.1, 0.15) is 10.4 Å². The van der Waals surface area contributed by atoms with Gasteiger partial charge in [-0.05, 0) is 12.1 Å². The largest absolute Gasteiger partial charge is 0.347 e. The van der Waals surface area contributed by atoms with Crippen molar-refractivity contribution >= 4 is 38.9 Å². The van der Waals surface area contributed by atoms with Crippen molar-refractivity contribution in [1.82, 2.24) is 5.32 Å². The number of nitrogens with one attached hydrogen (secondary N) is 1. The zero-order valence-corrected chi connectivity index (χ0v) is 12.2. The van der Waals surface area contributed by atoms with E-state index in [1.54, 1.807) is 0 Å². The fraction of sp³-hybridized carbons (Fsp3) is 0.364. The third-order valence-corrected chi connectivity index (χ3v) is 5.52. The number of carbonyl (C=O) groups excluding carboxylic acids is 1. The topological polar surface area (TPSA) is 63.2 Å². The lowest BCUT2D eigenvalue weighted by Gasteiger charge is -2.14. The summed E-state index contributed by atoms with van der Waals surface area (Å²) in [5.41, 5.74) is -0.555. The molecule has 9 heteroatoms. The Bertz CT molecular complexity index is 666. The standard InChI is InChI=1S/C11H9Cl2F2NO3S/c12-6-2-8(14)5(1-9(6)15)11(17)16-10-4-20(18,19)3-7(10)13/h1-2,7,10H,3-4H2,(H,16,17). The normalized spacial score (nSPS) is 24.6. The molecule has 4 nitrogen and oxygen atoms in total. The van der Waals surface area contributed by atoms with E-state index in [0.29, 0.717) is 12.1 Å². The molecule has 1 aliphatic heterocycles. The first kappa shape index (κ1) is 15.5. The summed E-state index contributed by atoms with van der Waals surface area (Å²) in [7, 11) is -3.33. The first-order valence-electron chi connectivity index (χ1n) is 5.49. The summed E-state index contributed by atoms with van der Waals surface area (Å²) in [5, 5.41) is 1.04. The van der Waals surface area contributed by atoms with Crippen molar-refractivity contribution < 1.29 is 22.0 Å². The molecule has 1 amide bonds. The highest BCUT2D eigenvalue weighted by atomic mass is 35.5. The summed E-state index contributed by atoms with van der Waals surface area (Å²) in [5.74, 6) is -3.48. The fourth-order valence-electron chi connectivity index (χ4n) is 1.88. The molecular weight excluding hydrogens is 335 g/mol. The van der Waals surface area contributed by atoms with E-state index in [9.17, 15) is 22.0 Å². The molecule has 1 fully saturated rings. The monoisotopic (exact) mass is 343 g/mol. The number of benzene rings is 1. The van der Waals surface area contributed by atoms with Gasteiger partial charge in [0.25, 0.3) is 5.91 Å². The van der Waals surface area contributed by atoms with Gasteiger partial charge in [0.15, 0.2) is 9.84 Å². The van der Waals surface area contributed by atoms with Crippen molar-refractivity contribution in [3.63, 3.8) is 0 Å². The van der Waals surface area contributed by atoms with Crippen LogP contribution in [0.25, 0.3) is 0 Å². The zero-order valence-electron chi connectivity index (χ0n) is 9.87. The van der Waals surface area contributed by atoms with Gasteiger partial charge in [0.2, 0.25) is 0 Å². The summed E-state index contributed by atoms with van der Waals surface area (Å²) in [4.78, 5) is 11.8. The van der Waals surface area contributed by atoms with E-state index in [-0.39, 0.29) is 11.5 Å². The number of hydrogen-bond donors (Lipinski definition) is 1. The molecule has 0 radical (unpaired) electrons. The molecule has 0 spiro atoms. The van der Waals surface area contributed by atoms with Crippen LogP contribution in [0.2, 0.25) is 5.02 Å². The second-order valence-electron chi connectivity index (χ2n) is 4.42. The lowest BCUT2D eigenvalue weighted by atomic mass is 10.1. The maximum absolute atomic E-state index is 13.5. The van der Waals surface area contributed by atoms with E-state index >= 15 is 0 Å². The van der Waals surface area contributed by atoms with E-state index in [1.165, 1.54) is 0 Å². The number of carbonyl (C=O) groups is 1. The van der Waals surface area contributed by atoms with Crippen molar-refractivity contribution in [3.05, 3.63) is 34.4 Å². The molecular formula is C11H9Cl2F2NO3S. The van der Waals surface area contributed by atoms with Gasteiger partial charge in [0, 0.05) is 0 Å². The first-order chi connectivity index (χ1) is 9.19. The number of rotatable bonds is 2. The predicted octanol–water partition coefficient (Wildman–Crippen LogP) is 1.75. The van der Waals surface area contributed by atoms with Crippen molar-refractivity contribution in [2.45, 2.75) is 11.4 Å². The number of amides is 1. The molecule has 2 rings (SSSR count). The quantitative estimate of drug-likeness (QED) is 0.657. The summed E-state index contributed by atoms with van der Waals surface area (Å²) < 4.78 is 49.5. The maximum Gasteiger partial charge on any atom is 0.254 e. The molecule has 0 saturated carbocycles. The Balaban J connectivity index is 2.19. The van der Waals surface area contributed by atoms with E-state index in [1.807, 2.05) is 0 Å². The molecule has 1 heterocycles. The van der Waals surface area contributed by atoms with Crippen LogP contribution in [0.5, 0.6) is 0 Å². The second kappa shape index (κ2) is 5.46. The lowest BCUT2D eigenvalue weighted by Crippen LogP contribution is -2.41. The van der Waals surface area contributed by atoms with E-state index in [4.69, 9.17) is 23.2 Å². The summed E-state index contributed by atoms with van der Waals surface area (Å²) in [6.45, 7) is 0. The molecule has 2 unspecified atom stereocenters. The minimum absolute atomic E-state index is 0.267. The molecule has 1 N–H and O–H groups in total. The van der Waals surface area contributed by atoms with Crippen molar-refractivity contribution in [2.75, 3.05) is 11.5 Å². The Morgan fingerprint density at radius 1 is 1.25 bits per heavy atom. The third-order valence-electron chi connectivity index (χ3n) is 2.85. The molecule has 0 bridgehead atoms. The van der Waals surface area contributed by atoms with Gasteiger partial charge in [-0.1, -0.05) is 11.6 Å². The van der Waals surface area contributed by atoms with Gasteiger partial charge in [-0.15, -0.1) is 11.6 Å². The third kappa shape index (κ3) is 3.21. The van der Waals surface area contributed by atoms with Crippen molar-refractivity contribution in [2.24, 2.45) is 0 Å². The SMILES string of the molecule is O=C(NC1CS(=O)(=O)CC1Cl)c1cc(F)c(Cl)cc1F. The van der Waals surface area contributed by atoms with Gasteiger partial charge in [0.05, 0.1) is 33.5 Å². The zero-order chi connectivity index (χ0) is 15.1. The Morgan fingerprint density at radius 2 is 1.90 bits per heavy atom. The summed E-state index contributed by atoms with van der Waals surface area (Å²) >= 11 is 11.2. The predicted molar refractivity (Wildman–Crippen MR) is 70.9 cm³/mol. The molecule has 0 aromatic heterocycles. The molecule has 1 aromatic carbocycles. The minimum atomic E-state index is -3.33. The van der Waals surface area contributed by atoms with Gasteiger partial charge in [-0.2, -0.15) is 0 Å². The molecule has 2 atom stereocenters. The molecule has 1 aromatic rings. The highest BCUT2D eigenvalue weighted by molar-refractivity contribution is 7.91. The van der Waals surface area contributed by atoms with Crippen molar-refractivity contribution in [3.8, 4) is 0 Å². The van der Waals surface area contributed by atoms with Gasteiger partial charge >= 0.3 is 0 Å². The number of sulfone groups is 1. The molecule has 110 valence electrons. The average molecular weight is 344 g/mol. The highest BCUT2D eigenvalue weighted by Crippen LogP contribution is 2.21. The molecule has 20 heavy (non-hydrogen) atoms. The van der Waals surface area contributed by atoms with Gasteiger partial charge in [-0.3, -0.25) is 4.79 Å². The molecule has 1 saturated heterocycles. The summed E-state index contributed by atoms with van der Waals surface area (Å²) in [6.07, 6.45) is 0. The molecule has 0 aliphatic carbocycles. The average Bonchev–Trinajstić information content (AvgIpc) is 2.56. The highest BCUT2D eigenvalue weighted by Gasteiger charge is 2.37. The minimum Gasteiger partial charge on any atom is -0.347 e. The van der Waals surface area contributed by atoms with Crippen LogP contribution in [0.4, 0.5) is 8.78 Å². The Kier molecular flexibility index (Phi) is 4.22. The van der Waals surface area contributed by atoms with E-state index in [0.717, 1.165) is 0 Å². The van der Waals surface area contributed by atoms with Crippen LogP contribution < -0.4 is 5.32 Å². The van der Waals surface area contributed by atoms with Crippen LogP contribution in [0, 0.1) is 11.6 Å². The van der Waals surface area contributed by atoms with Gasteiger partial charge in [0.1, 0.15) is 11.6 Å². The smallest absolute Gasteiger partial charge is 0.254 e. The number of alkyl halides is 1. The first-order valence-corrected chi connectivity index (χ1v) is 8.13.